The van der Waals surface area contributed by atoms with Gasteiger partial charge in [-0.15, -0.1) is 0 Å². The van der Waals surface area contributed by atoms with Gasteiger partial charge in [-0.25, -0.2) is 4.98 Å². The highest BCUT2D eigenvalue weighted by Crippen LogP contribution is 2.19. The van der Waals surface area contributed by atoms with E-state index in [1.165, 1.54) is 0 Å². The molecule has 5 nitrogen and oxygen atoms in total. The summed E-state index contributed by atoms with van der Waals surface area (Å²) in [7, 11) is 0. The first-order valence-corrected chi connectivity index (χ1v) is 5.42. The van der Waals surface area contributed by atoms with Gasteiger partial charge in [0.15, 0.2) is 0 Å². The summed E-state index contributed by atoms with van der Waals surface area (Å²) in [6.07, 6.45) is 1.76. The molecule has 3 rings (SSSR count). The second-order valence-electron chi connectivity index (χ2n) is 3.82. The molecular weight excluding hydrogens is 226 g/mol. The Hall–Kier alpha value is -2.87. The molecule has 0 fully saturated rings. The Morgan fingerprint density at radius 2 is 2.17 bits per heavy atom. The number of H-pyrrole nitrogens is 1. The van der Waals surface area contributed by atoms with Crippen molar-refractivity contribution in [2.24, 2.45) is 0 Å². The van der Waals surface area contributed by atoms with Crippen molar-refractivity contribution in [3.8, 4) is 6.07 Å². The average molecular weight is 235 g/mol. The summed E-state index contributed by atoms with van der Waals surface area (Å²) in [5, 5.41) is 19.8. The molecule has 0 atom stereocenters. The number of fused-ring (bicyclic) bond motifs is 1. The summed E-state index contributed by atoms with van der Waals surface area (Å²) in [5.74, 6) is 0.650. The van der Waals surface area contributed by atoms with Crippen LogP contribution in [-0.2, 0) is 0 Å². The number of aromatic amines is 1. The summed E-state index contributed by atoms with van der Waals surface area (Å²) in [6, 6.07) is 13.1. The van der Waals surface area contributed by atoms with Crippen molar-refractivity contribution in [3.63, 3.8) is 0 Å². The van der Waals surface area contributed by atoms with Crippen molar-refractivity contribution in [1.29, 1.82) is 5.26 Å². The Labute approximate surface area is 103 Å². The molecule has 5 heteroatoms. The Kier molecular flexibility index (Phi) is 2.39. The van der Waals surface area contributed by atoms with Crippen LogP contribution in [0, 0.1) is 11.3 Å². The first-order valence-electron chi connectivity index (χ1n) is 5.42. The second kappa shape index (κ2) is 4.18. The van der Waals surface area contributed by atoms with E-state index in [0.717, 1.165) is 16.6 Å². The van der Waals surface area contributed by atoms with E-state index in [9.17, 15) is 0 Å². The van der Waals surface area contributed by atoms with Gasteiger partial charge in [0.2, 0.25) is 0 Å². The lowest BCUT2D eigenvalue weighted by molar-refractivity contribution is 1.12. The highest BCUT2D eigenvalue weighted by atomic mass is 15.1. The van der Waals surface area contributed by atoms with Crippen molar-refractivity contribution in [2.45, 2.75) is 0 Å². The van der Waals surface area contributed by atoms with Crippen molar-refractivity contribution >= 4 is 22.4 Å². The van der Waals surface area contributed by atoms with Crippen LogP contribution in [0.3, 0.4) is 0 Å². The van der Waals surface area contributed by atoms with E-state index in [1.54, 1.807) is 18.3 Å². The summed E-state index contributed by atoms with van der Waals surface area (Å²) in [4.78, 5) is 4.16. The number of anilines is 2. The molecule has 3 aromatic rings. The number of hydrogen-bond acceptors (Lipinski definition) is 4. The zero-order valence-electron chi connectivity index (χ0n) is 9.38. The smallest absolute Gasteiger partial charge is 0.142 e. The maximum atomic E-state index is 8.79. The molecule has 0 saturated carbocycles. The number of hydrogen-bond donors (Lipinski definition) is 2. The predicted octanol–water partition coefficient (Wildman–Crippen LogP) is 2.57. The molecular formula is C13H9N5. The van der Waals surface area contributed by atoms with Crippen LogP contribution in [0.5, 0.6) is 0 Å². The summed E-state index contributed by atoms with van der Waals surface area (Å²) >= 11 is 0. The number of rotatable bonds is 2. The summed E-state index contributed by atoms with van der Waals surface area (Å²) in [6.45, 7) is 0. The molecule has 2 N–H and O–H groups in total. The third-order valence-electron chi connectivity index (χ3n) is 2.58. The van der Waals surface area contributed by atoms with Crippen molar-refractivity contribution < 1.29 is 0 Å². The molecule has 0 amide bonds. The van der Waals surface area contributed by atoms with Crippen LogP contribution >= 0.6 is 0 Å². The topological polar surface area (TPSA) is 77.4 Å². The number of benzene rings is 1. The fourth-order valence-electron chi connectivity index (χ4n) is 1.73. The largest absolute Gasteiger partial charge is 0.340 e. The minimum atomic E-state index is 0.393. The molecule has 2 heterocycles. The van der Waals surface area contributed by atoms with Gasteiger partial charge >= 0.3 is 0 Å². The van der Waals surface area contributed by atoms with Crippen LogP contribution in [0.1, 0.15) is 5.69 Å². The van der Waals surface area contributed by atoms with Crippen molar-refractivity contribution in [1.82, 2.24) is 15.2 Å². The summed E-state index contributed by atoms with van der Waals surface area (Å²) in [5.41, 5.74) is 2.29. The van der Waals surface area contributed by atoms with Gasteiger partial charge in [-0.1, -0.05) is 6.07 Å². The van der Waals surface area contributed by atoms with E-state index >= 15 is 0 Å². The van der Waals surface area contributed by atoms with Crippen LogP contribution in [0.4, 0.5) is 11.5 Å². The van der Waals surface area contributed by atoms with Gasteiger partial charge in [0.1, 0.15) is 17.6 Å². The van der Waals surface area contributed by atoms with Crippen molar-refractivity contribution in [2.75, 3.05) is 5.32 Å². The minimum Gasteiger partial charge on any atom is -0.340 e. The number of nitriles is 1. The lowest BCUT2D eigenvalue weighted by atomic mass is 10.2. The molecule has 0 saturated heterocycles. The van der Waals surface area contributed by atoms with Gasteiger partial charge in [0, 0.05) is 11.1 Å². The Morgan fingerprint density at radius 3 is 3.06 bits per heavy atom. The minimum absolute atomic E-state index is 0.393. The third-order valence-corrected chi connectivity index (χ3v) is 2.58. The first kappa shape index (κ1) is 10.3. The molecule has 2 aromatic heterocycles. The van der Waals surface area contributed by atoms with Gasteiger partial charge < -0.3 is 5.32 Å². The van der Waals surface area contributed by atoms with Crippen molar-refractivity contribution in [3.05, 3.63) is 48.3 Å². The molecule has 1 aromatic carbocycles. The molecule has 0 bridgehead atoms. The number of pyridine rings is 1. The van der Waals surface area contributed by atoms with Gasteiger partial charge in [-0.2, -0.15) is 10.4 Å². The summed E-state index contributed by atoms with van der Waals surface area (Å²) < 4.78 is 0. The zero-order chi connectivity index (χ0) is 12.4. The maximum absolute atomic E-state index is 8.79. The van der Waals surface area contributed by atoms with Crippen LogP contribution in [0.25, 0.3) is 10.9 Å². The fraction of sp³-hybridized carbons (Fsp3) is 0. The SMILES string of the molecule is N#Cc1cccc(Nc2ccc3[nH]ncc3c2)n1. The normalized spacial score (nSPS) is 10.2. The van der Waals surface area contributed by atoms with E-state index < -0.39 is 0 Å². The molecule has 86 valence electrons. The van der Waals surface area contributed by atoms with Gasteiger partial charge in [-0.05, 0) is 30.3 Å². The number of nitrogens with zero attached hydrogens (tertiary/aromatic N) is 3. The number of aromatic nitrogens is 3. The zero-order valence-corrected chi connectivity index (χ0v) is 9.38. The van der Waals surface area contributed by atoms with Crippen LogP contribution in [0.2, 0.25) is 0 Å². The lowest BCUT2D eigenvalue weighted by Gasteiger charge is -2.05. The van der Waals surface area contributed by atoms with Gasteiger partial charge in [-0.3, -0.25) is 5.10 Å². The van der Waals surface area contributed by atoms with Crippen LogP contribution in [0.15, 0.2) is 42.6 Å². The molecule has 18 heavy (non-hydrogen) atoms. The monoisotopic (exact) mass is 235 g/mol. The molecule has 0 radical (unpaired) electrons. The Balaban J connectivity index is 1.93. The molecule has 0 unspecified atom stereocenters. The lowest BCUT2D eigenvalue weighted by Crippen LogP contribution is -1.94. The first-order chi connectivity index (χ1) is 8.85. The van der Waals surface area contributed by atoms with E-state index in [1.807, 2.05) is 30.3 Å². The second-order valence-corrected chi connectivity index (χ2v) is 3.82. The van der Waals surface area contributed by atoms with E-state index in [2.05, 4.69) is 20.5 Å². The van der Waals surface area contributed by atoms with Gasteiger partial charge in [0.05, 0.1) is 11.7 Å². The predicted molar refractivity (Wildman–Crippen MR) is 68.3 cm³/mol. The molecule has 0 spiro atoms. The van der Waals surface area contributed by atoms with Crippen LogP contribution < -0.4 is 5.32 Å². The van der Waals surface area contributed by atoms with E-state index in [4.69, 9.17) is 5.26 Å². The number of nitrogens with one attached hydrogen (secondary N) is 2. The maximum Gasteiger partial charge on any atom is 0.142 e. The highest BCUT2D eigenvalue weighted by Gasteiger charge is 2.00. The third kappa shape index (κ3) is 1.87. The highest BCUT2D eigenvalue weighted by molar-refractivity contribution is 5.82. The van der Waals surface area contributed by atoms with E-state index in [0.29, 0.717) is 11.5 Å². The van der Waals surface area contributed by atoms with Gasteiger partial charge in [0.25, 0.3) is 0 Å². The molecule has 0 aliphatic rings. The quantitative estimate of drug-likeness (QED) is 0.715. The standard InChI is InChI=1S/C13H9N5/c14-7-11-2-1-3-13(17-11)16-10-4-5-12-9(6-10)8-15-18-12/h1-6,8H,(H,15,18)(H,16,17). The Morgan fingerprint density at radius 1 is 1.22 bits per heavy atom. The molecule has 0 aliphatic carbocycles. The van der Waals surface area contributed by atoms with Crippen LogP contribution in [-0.4, -0.2) is 15.2 Å². The average Bonchev–Trinajstić information content (AvgIpc) is 2.86. The fourth-order valence-corrected chi connectivity index (χ4v) is 1.73. The molecule has 0 aliphatic heterocycles. The van der Waals surface area contributed by atoms with E-state index in [-0.39, 0.29) is 0 Å². The Bertz CT molecular complexity index is 738.